The van der Waals surface area contributed by atoms with E-state index in [0.29, 0.717) is 13.2 Å². The van der Waals surface area contributed by atoms with Crippen molar-refractivity contribution in [2.75, 3.05) is 39.4 Å². The number of rotatable bonds is 9. The molecule has 138 valence electrons. The van der Waals surface area contributed by atoms with Gasteiger partial charge >= 0.3 is 0 Å². The molecule has 0 N–H and O–H groups in total. The van der Waals surface area contributed by atoms with Gasteiger partial charge in [-0.3, -0.25) is 9.89 Å². The molecule has 1 saturated heterocycles. The Morgan fingerprint density at radius 2 is 2.04 bits per heavy atom. The fourth-order valence-corrected chi connectivity index (χ4v) is 2.63. The topological polar surface area (TPSA) is 64.8 Å². The van der Waals surface area contributed by atoms with E-state index in [2.05, 4.69) is 26.8 Å². The molecule has 0 amide bonds. The van der Waals surface area contributed by atoms with Crippen molar-refractivity contribution in [3.63, 3.8) is 0 Å². The molecule has 3 rings (SSSR count). The molecule has 1 aliphatic heterocycles. The maximum Gasteiger partial charge on any atom is 0.134 e. The molecule has 0 spiro atoms. The minimum atomic E-state index is 0.393. The van der Waals surface area contributed by atoms with Crippen molar-refractivity contribution in [1.29, 1.82) is 0 Å². The molecule has 26 heavy (non-hydrogen) atoms. The van der Waals surface area contributed by atoms with Crippen molar-refractivity contribution in [2.24, 2.45) is 4.99 Å². The molecule has 1 aromatic carbocycles. The minimum Gasteiger partial charge on any atom is -0.487 e. The average Bonchev–Trinajstić information content (AvgIpc) is 3.13. The molecule has 0 saturated carbocycles. The monoisotopic (exact) mass is 355 g/mol. The van der Waals surface area contributed by atoms with Crippen LogP contribution in [0.15, 0.2) is 48.1 Å². The molecule has 1 fully saturated rings. The van der Waals surface area contributed by atoms with Crippen molar-refractivity contribution >= 4 is 6.21 Å². The molecule has 0 aliphatic carbocycles. The Labute approximate surface area is 153 Å². The normalized spacial score (nSPS) is 15.4. The van der Waals surface area contributed by atoms with Gasteiger partial charge in [-0.25, -0.2) is 4.68 Å². The third-order valence-corrected chi connectivity index (χ3v) is 4.06. The van der Waals surface area contributed by atoms with Crippen LogP contribution in [0.2, 0.25) is 0 Å². The van der Waals surface area contributed by atoms with Gasteiger partial charge in [-0.05, 0) is 29.8 Å². The lowest BCUT2D eigenvalue weighted by molar-refractivity contribution is 0.0395. The molecule has 7 nitrogen and oxygen atoms in total. The Hall–Kier alpha value is -2.51. The summed E-state index contributed by atoms with van der Waals surface area (Å²) in [6, 6.07) is 7.89. The molecular weight excluding hydrogens is 330 g/mol. The zero-order valence-corrected chi connectivity index (χ0v) is 15.0. The summed E-state index contributed by atoms with van der Waals surface area (Å²) < 4.78 is 12.8. The van der Waals surface area contributed by atoms with Gasteiger partial charge in [0.15, 0.2) is 0 Å². The van der Waals surface area contributed by atoms with Gasteiger partial charge in [0.1, 0.15) is 18.1 Å². The summed E-state index contributed by atoms with van der Waals surface area (Å²) in [5, 5.41) is 8.06. The molecule has 0 radical (unpaired) electrons. The van der Waals surface area contributed by atoms with E-state index in [4.69, 9.17) is 9.47 Å². The van der Waals surface area contributed by atoms with Gasteiger partial charge in [0.25, 0.3) is 0 Å². The Morgan fingerprint density at radius 1 is 1.23 bits per heavy atom. The molecular formula is C19H25N5O2. The van der Waals surface area contributed by atoms with Gasteiger partial charge in [-0.1, -0.05) is 11.3 Å². The van der Waals surface area contributed by atoms with Crippen molar-refractivity contribution < 1.29 is 9.47 Å². The smallest absolute Gasteiger partial charge is 0.134 e. The molecule has 2 heterocycles. The van der Waals surface area contributed by atoms with Crippen LogP contribution >= 0.6 is 0 Å². The van der Waals surface area contributed by atoms with E-state index >= 15 is 0 Å². The van der Waals surface area contributed by atoms with Gasteiger partial charge in [0, 0.05) is 25.8 Å². The summed E-state index contributed by atoms with van der Waals surface area (Å²) >= 11 is 0. The zero-order valence-electron chi connectivity index (χ0n) is 15.0. The standard InChI is InChI=1S/C19H25N5O2/c1-2-8-24-15-18(21-22-24)16-26-19-5-3-17(4-6-19)14-20-7-9-23-10-12-25-13-11-23/h2-6,14-15H,1,7-13,16H2. The highest BCUT2D eigenvalue weighted by Gasteiger charge is 2.08. The second-order valence-corrected chi connectivity index (χ2v) is 6.07. The largest absolute Gasteiger partial charge is 0.487 e. The highest BCUT2D eigenvalue weighted by molar-refractivity contribution is 5.79. The first kappa shape index (κ1) is 18.3. The molecule has 0 atom stereocenters. The lowest BCUT2D eigenvalue weighted by atomic mass is 10.2. The summed E-state index contributed by atoms with van der Waals surface area (Å²) in [6.45, 7) is 10.2. The maximum absolute atomic E-state index is 5.74. The van der Waals surface area contributed by atoms with E-state index in [1.807, 2.05) is 36.7 Å². The fraction of sp³-hybridized carbons (Fsp3) is 0.421. The van der Waals surface area contributed by atoms with Crippen LogP contribution in [0.5, 0.6) is 5.75 Å². The summed E-state index contributed by atoms with van der Waals surface area (Å²) in [5.41, 5.74) is 1.86. The number of ether oxygens (including phenoxy) is 2. The van der Waals surface area contributed by atoms with Crippen LogP contribution in [-0.4, -0.2) is 65.5 Å². The van der Waals surface area contributed by atoms with Crippen LogP contribution in [0.4, 0.5) is 0 Å². The third kappa shape index (κ3) is 5.79. The summed E-state index contributed by atoms with van der Waals surface area (Å²) in [4.78, 5) is 6.88. The Kier molecular flexibility index (Phi) is 6.92. The molecule has 0 unspecified atom stereocenters. The predicted molar refractivity (Wildman–Crippen MR) is 101 cm³/mol. The van der Waals surface area contributed by atoms with Crippen molar-refractivity contribution in [3.05, 3.63) is 54.4 Å². The van der Waals surface area contributed by atoms with Gasteiger partial charge in [0.05, 0.1) is 32.5 Å². The van der Waals surface area contributed by atoms with Crippen molar-refractivity contribution in [1.82, 2.24) is 19.9 Å². The molecule has 2 aromatic rings. The van der Waals surface area contributed by atoms with Crippen LogP contribution < -0.4 is 4.74 Å². The Balaban J connectivity index is 1.40. The van der Waals surface area contributed by atoms with E-state index in [1.165, 1.54) is 0 Å². The number of aromatic nitrogens is 3. The van der Waals surface area contributed by atoms with Crippen LogP contribution in [0, 0.1) is 0 Å². The number of hydrogen-bond donors (Lipinski definition) is 0. The molecule has 1 aromatic heterocycles. The van der Waals surface area contributed by atoms with E-state index in [1.54, 1.807) is 10.8 Å². The number of morpholine rings is 1. The number of aliphatic imine (C=N–C) groups is 1. The summed E-state index contributed by atoms with van der Waals surface area (Å²) in [6.07, 6.45) is 5.54. The Morgan fingerprint density at radius 3 is 2.81 bits per heavy atom. The second-order valence-electron chi connectivity index (χ2n) is 6.07. The second kappa shape index (κ2) is 9.84. The minimum absolute atomic E-state index is 0.393. The summed E-state index contributed by atoms with van der Waals surface area (Å²) in [7, 11) is 0. The van der Waals surface area contributed by atoms with E-state index in [-0.39, 0.29) is 0 Å². The first-order valence-electron chi connectivity index (χ1n) is 8.86. The Bertz CT molecular complexity index is 705. The van der Waals surface area contributed by atoms with Gasteiger partial charge in [-0.15, -0.1) is 11.7 Å². The van der Waals surface area contributed by atoms with Gasteiger partial charge in [-0.2, -0.15) is 0 Å². The van der Waals surface area contributed by atoms with E-state index in [0.717, 1.165) is 56.4 Å². The lowest BCUT2D eigenvalue weighted by Crippen LogP contribution is -2.37. The average molecular weight is 355 g/mol. The van der Waals surface area contributed by atoms with E-state index in [9.17, 15) is 0 Å². The first-order valence-corrected chi connectivity index (χ1v) is 8.86. The van der Waals surface area contributed by atoms with E-state index < -0.39 is 0 Å². The van der Waals surface area contributed by atoms with Crippen molar-refractivity contribution in [3.8, 4) is 5.75 Å². The van der Waals surface area contributed by atoms with Gasteiger partial charge in [0.2, 0.25) is 0 Å². The fourth-order valence-electron chi connectivity index (χ4n) is 2.63. The van der Waals surface area contributed by atoms with Crippen LogP contribution in [0.25, 0.3) is 0 Å². The number of allylic oxidation sites excluding steroid dienone is 1. The third-order valence-electron chi connectivity index (χ3n) is 4.06. The number of nitrogens with zero attached hydrogens (tertiary/aromatic N) is 5. The highest BCUT2D eigenvalue weighted by Crippen LogP contribution is 2.13. The predicted octanol–water partition coefficient (Wildman–Crippen LogP) is 1.79. The molecule has 1 aliphatic rings. The van der Waals surface area contributed by atoms with Gasteiger partial charge < -0.3 is 9.47 Å². The van der Waals surface area contributed by atoms with Crippen molar-refractivity contribution in [2.45, 2.75) is 13.2 Å². The lowest BCUT2D eigenvalue weighted by Gasteiger charge is -2.25. The van der Waals surface area contributed by atoms with Crippen LogP contribution in [0.3, 0.4) is 0 Å². The van der Waals surface area contributed by atoms with Crippen LogP contribution in [-0.2, 0) is 17.9 Å². The molecule has 7 heteroatoms. The maximum atomic E-state index is 5.74. The first-order chi connectivity index (χ1) is 12.8. The quantitative estimate of drug-likeness (QED) is 0.507. The number of hydrogen-bond acceptors (Lipinski definition) is 6. The molecule has 0 bridgehead atoms. The summed E-state index contributed by atoms with van der Waals surface area (Å²) in [5.74, 6) is 0.800. The number of benzene rings is 1. The highest BCUT2D eigenvalue weighted by atomic mass is 16.5. The van der Waals surface area contributed by atoms with Crippen LogP contribution in [0.1, 0.15) is 11.3 Å². The SMILES string of the molecule is C=CCn1cc(COc2ccc(C=NCCN3CCOCC3)cc2)nn1. The zero-order chi connectivity index (χ0) is 18.0.